The maximum absolute atomic E-state index is 13.6. The molecule has 0 unspecified atom stereocenters. The van der Waals surface area contributed by atoms with Crippen LogP contribution in [0.2, 0.25) is 0 Å². The van der Waals surface area contributed by atoms with Crippen LogP contribution in [0.1, 0.15) is 40.1 Å². The quantitative estimate of drug-likeness (QED) is 0.639. The van der Waals surface area contributed by atoms with E-state index < -0.39 is 17.8 Å². The van der Waals surface area contributed by atoms with Crippen LogP contribution in [-0.2, 0) is 4.74 Å². The molecule has 2 amide bonds. The second-order valence-corrected chi connectivity index (χ2v) is 6.75. The number of amides is 2. The molecule has 2 aromatic rings. The van der Waals surface area contributed by atoms with E-state index in [2.05, 4.69) is 20.6 Å². The SMILES string of the molecule is O=C(N[C@H]1CC[C@@H](CCNC(=O)c2ccccc2F)O[C@H]1CO)c1cnccn1. The number of hydrogen-bond donors (Lipinski definition) is 3. The Labute approximate surface area is 167 Å². The standard InChI is InChI=1S/C20H23FN4O4/c21-15-4-2-1-3-14(15)19(27)24-8-7-13-5-6-16(18(12-26)29-13)25-20(28)17-11-22-9-10-23-17/h1-4,9-11,13,16,18,26H,5-8,12H2,(H,24,27)(H,25,28)/t13-,16-,18-/m0/s1. The molecule has 0 bridgehead atoms. The van der Waals surface area contributed by atoms with Crippen molar-refractivity contribution < 1.29 is 23.8 Å². The number of aliphatic hydroxyl groups is 1. The van der Waals surface area contributed by atoms with Crippen molar-refractivity contribution in [3.05, 3.63) is 59.9 Å². The van der Waals surface area contributed by atoms with Crippen LogP contribution < -0.4 is 10.6 Å². The van der Waals surface area contributed by atoms with Crippen molar-refractivity contribution in [3.8, 4) is 0 Å². The van der Waals surface area contributed by atoms with E-state index in [0.717, 1.165) is 0 Å². The van der Waals surface area contributed by atoms with E-state index in [4.69, 9.17) is 4.74 Å². The highest BCUT2D eigenvalue weighted by molar-refractivity contribution is 5.94. The van der Waals surface area contributed by atoms with Crippen LogP contribution in [0.5, 0.6) is 0 Å². The van der Waals surface area contributed by atoms with E-state index in [0.29, 0.717) is 25.8 Å². The molecule has 1 fully saturated rings. The van der Waals surface area contributed by atoms with Crippen molar-refractivity contribution >= 4 is 11.8 Å². The Kier molecular flexibility index (Phi) is 7.20. The van der Waals surface area contributed by atoms with E-state index in [9.17, 15) is 19.1 Å². The Balaban J connectivity index is 1.46. The molecule has 3 N–H and O–H groups in total. The smallest absolute Gasteiger partial charge is 0.271 e. The molecule has 0 radical (unpaired) electrons. The molecule has 1 saturated heterocycles. The van der Waals surface area contributed by atoms with Gasteiger partial charge in [-0.2, -0.15) is 0 Å². The molecule has 1 aromatic heterocycles. The number of ether oxygens (including phenoxy) is 1. The average Bonchev–Trinajstić information content (AvgIpc) is 2.75. The third-order valence-corrected chi connectivity index (χ3v) is 4.78. The molecule has 29 heavy (non-hydrogen) atoms. The van der Waals surface area contributed by atoms with E-state index in [-0.39, 0.29) is 35.9 Å². The number of aliphatic hydroxyl groups excluding tert-OH is 1. The van der Waals surface area contributed by atoms with E-state index in [1.165, 1.54) is 36.8 Å². The van der Waals surface area contributed by atoms with Crippen LogP contribution in [0.15, 0.2) is 42.9 Å². The largest absolute Gasteiger partial charge is 0.394 e. The summed E-state index contributed by atoms with van der Waals surface area (Å²) in [5.74, 6) is -1.42. The maximum atomic E-state index is 13.6. The van der Waals surface area contributed by atoms with Crippen LogP contribution in [0.4, 0.5) is 4.39 Å². The van der Waals surface area contributed by atoms with Crippen molar-refractivity contribution in [2.24, 2.45) is 0 Å². The van der Waals surface area contributed by atoms with Gasteiger partial charge in [0.1, 0.15) is 17.6 Å². The Morgan fingerprint density at radius 3 is 2.76 bits per heavy atom. The van der Waals surface area contributed by atoms with E-state index in [1.807, 2.05) is 0 Å². The Hall–Kier alpha value is -2.91. The number of aromatic nitrogens is 2. The summed E-state index contributed by atoms with van der Waals surface area (Å²) in [4.78, 5) is 32.1. The lowest BCUT2D eigenvalue weighted by atomic mass is 9.97. The van der Waals surface area contributed by atoms with Crippen LogP contribution in [0, 0.1) is 5.82 Å². The monoisotopic (exact) mass is 402 g/mol. The minimum absolute atomic E-state index is 0.00270. The minimum atomic E-state index is -0.569. The molecule has 1 aromatic carbocycles. The molecule has 2 heterocycles. The van der Waals surface area contributed by atoms with Gasteiger partial charge in [0, 0.05) is 18.9 Å². The fraction of sp³-hybridized carbons (Fsp3) is 0.400. The molecule has 1 aliphatic heterocycles. The molecule has 9 heteroatoms. The van der Waals surface area contributed by atoms with Gasteiger partial charge in [0.2, 0.25) is 0 Å². The highest BCUT2D eigenvalue weighted by Crippen LogP contribution is 2.22. The zero-order valence-corrected chi connectivity index (χ0v) is 15.8. The number of rotatable bonds is 7. The maximum Gasteiger partial charge on any atom is 0.271 e. The number of carbonyl (C=O) groups excluding carboxylic acids is 2. The summed E-state index contributed by atoms with van der Waals surface area (Å²) in [6, 6.07) is 5.44. The second kappa shape index (κ2) is 10.0. The summed E-state index contributed by atoms with van der Waals surface area (Å²) in [7, 11) is 0. The number of halogens is 1. The molecule has 8 nitrogen and oxygen atoms in total. The van der Waals surface area contributed by atoms with Crippen LogP contribution >= 0.6 is 0 Å². The van der Waals surface area contributed by atoms with Gasteiger partial charge in [0.05, 0.1) is 30.5 Å². The summed E-state index contributed by atoms with van der Waals surface area (Å²) >= 11 is 0. The van der Waals surface area contributed by atoms with Gasteiger partial charge in [0.15, 0.2) is 0 Å². The first-order chi connectivity index (χ1) is 14.1. The van der Waals surface area contributed by atoms with Crippen LogP contribution in [0.25, 0.3) is 0 Å². The summed E-state index contributed by atoms with van der Waals surface area (Å²) in [5, 5.41) is 15.1. The molecular weight excluding hydrogens is 379 g/mol. The van der Waals surface area contributed by atoms with Crippen molar-refractivity contribution in [2.45, 2.75) is 37.5 Å². The summed E-state index contributed by atoms with van der Waals surface area (Å²) in [5.41, 5.74) is 0.194. The molecule has 3 rings (SSSR count). The zero-order valence-electron chi connectivity index (χ0n) is 15.8. The highest BCUT2D eigenvalue weighted by atomic mass is 19.1. The lowest BCUT2D eigenvalue weighted by molar-refractivity contribution is -0.0893. The number of nitrogens with zero attached hydrogens (tertiary/aromatic N) is 2. The van der Waals surface area contributed by atoms with Crippen molar-refractivity contribution in [1.29, 1.82) is 0 Å². The van der Waals surface area contributed by atoms with Gasteiger partial charge >= 0.3 is 0 Å². The second-order valence-electron chi connectivity index (χ2n) is 6.75. The first kappa shape index (κ1) is 20.8. The summed E-state index contributed by atoms with van der Waals surface area (Å²) in [6.45, 7) is 0.0656. The fourth-order valence-electron chi connectivity index (χ4n) is 3.26. The van der Waals surface area contributed by atoms with Gasteiger partial charge < -0.3 is 20.5 Å². The molecule has 0 saturated carbocycles. The Bertz CT molecular complexity index is 836. The van der Waals surface area contributed by atoms with Gasteiger partial charge in [-0.1, -0.05) is 12.1 Å². The number of nitrogens with one attached hydrogen (secondary N) is 2. The van der Waals surface area contributed by atoms with Crippen molar-refractivity contribution in [1.82, 2.24) is 20.6 Å². The average molecular weight is 402 g/mol. The minimum Gasteiger partial charge on any atom is -0.394 e. The van der Waals surface area contributed by atoms with E-state index in [1.54, 1.807) is 6.07 Å². The van der Waals surface area contributed by atoms with Crippen molar-refractivity contribution in [2.75, 3.05) is 13.2 Å². The number of benzene rings is 1. The zero-order chi connectivity index (χ0) is 20.6. The third-order valence-electron chi connectivity index (χ3n) is 4.78. The molecule has 154 valence electrons. The summed E-state index contributed by atoms with van der Waals surface area (Å²) in [6.07, 6.45) is 5.32. The number of carbonyl (C=O) groups is 2. The fourth-order valence-corrected chi connectivity index (χ4v) is 3.26. The number of hydrogen-bond acceptors (Lipinski definition) is 6. The van der Waals surface area contributed by atoms with Crippen molar-refractivity contribution in [3.63, 3.8) is 0 Å². The van der Waals surface area contributed by atoms with Crippen LogP contribution in [0.3, 0.4) is 0 Å². The molecule has 0 spiro atoms. The lowest BCUT2D eigenvalue weighted by Crippen LogP contribution is -2.51. The molecule has 0 aliphatic carbocycles. The van der Waals surface area contributed by atoms with Crippen LogP contribution in [-0.4, -0.2) is 58.3 Å². The van der Waals surface area contributed by atoms with Gasteiger partial charge in [0.25, 0.3) is 11.8 Å². The predicted molar refractivity (Wildman–Crippen MR) is 102 cm³/mol. The third kappa shape index (κ3) is 5.55. The highest BCUT2D eigenvalue weighted by Gasteiger charge is 2.32. The van der Waals surface area contributed by atoms with Gasteiger partial charge in [-0.15, -0.1) is 0 Å². The topological polar surface area (TPSA) is 113 Å². The first-order valence-corrected chi connectivity index (χ1v) is 9.44. The predicted octanol–water partition coefficient (Wildman–Crippen LogP) is 1.07. The van der Waals surface area contributed by atoms with Gasteiger partial charge in [-0.25, -0.2) is 9.37 Å². The van der Waals surface area contributed by atoms with Gasteiger partial charge in [-0.3, -0.25) is 14.6 Å². The lowest BCUT2D eigenvalue weighted by Gasteiger charge is -2.36. The summed E-state index contributed by atoms with van der Waals surface area (Å²) < 4.78 is 19.5. The molecule has 1 aliphatic rings. The Morgan fingerprint density at radius 2 is 2.03 bits per heavy atom. The molecular formula is C20H23FN4O4. The first-order valence-electron chi connectivity index (χ1n) is 9.44. The van der Waals surface area contributed by atoms with E-state index >= 15 is 0 Å². The molecule has 3 atom stereocenters. The Morgan fingerprint density at radius 1 is 1.21 bits per heavy atom. The van der Waals surface area contributed by atoms with Gasteiger partial charge in [-0.05, 0) is 31.4 Å². The normalized spacial score (nSPS) is 21.4.